The normalized spacial score (nSPS) is 11.1. The van der Waals surface area contributed by atoms with Crippen LogP contribution in [0.5, 0.6) is 0 Å². The number of carbonyl (C=O) groups is 1. The van der Waals surface area contributed by atoms with Crippen LogP contribution in [0.25, 0.3) is 0 Å². The first-order valence-corrected chi connectivity index (χ1v) is 10.2. The zero-order chi connectivity index (χ0) is 20.3. The molecule has 144 valence electrons. The van der Waals surface area contributed by atoms with Gasteiger partial charge in [0.15, 0.2) is 0 Å². The molecular weight excluding hydrogens is 398 g/mol. The van der Waals surface area contributed by atoms with Gasteiger partial charge >= 0.3 is 0 Å². The van der Waals surface area contributed by atoms with Gasteiger partial charge in [-0.3, -0.25) is 14.5 Å². The van der Waals surface area contributed by atoms with E-state index in [1.165, 1.54) is 12.3 Å². The molecule has 0 aliphatic heterocycles. The van der Waals surface area contributed by atoms with Gasteiger partial charge in [-0.05, 0) is 67.9 Å². The first-order valence-electron chi connectivity index (χ1n) is 8.38. The topological polar surface area (TPSA) is 88.2 Å². The van der Waals surface area contributed by atoms with Crippen molar-refractivity contribution >= 4 is 38.9 Å². The van der Waals surface area contributed by atoms with Crippen LogP contribution < -0.4 is 10.0 Å². The number of nitrogens with zero attached hydrogens (tertiary/aromatic N) is 1. The number of rotatable bonds is 5. The fourth-order valence-electron chi connectivity index (χ4n) is 2.50. The van der Waals surface area contributed by atoms with Gasteiger partial charge in [0.25, 0.3) is 15.9 Å². The zero-order valence-electron chi connectivity index (χ0n) is 15.2. The molecule has 0 unspecified atom stereocenters. The van der Waals surface area contributed by atoms with Crippen LogP contribution in [-0.2, 0) is 10.0 Å². The summed E-state index contributed by atoms with van der Waals surface area (Å²) < 4.78 is 28.1. The Bertz CT molecular complexity index is 1110. The number of nitrogens with one attached hydrogen (secondary N) is 2. The Kier molecular flexibility index (Phi) is 5.67. The highest BCUT2D eigenvalue weighted by atomic mass is 35.5. The smallest absolute Gasteiger partial charge is 0.262 e. The second-order valence-corrected chi connectivity index (χ2v) is 8.32. The second-order valence-electron chi connectivity index (χ2n) is 6.24. The summed E-state index contributed by atoms with van der Waals surface area (Å²) in [6.07, 6.45) is 1.47. The van der Waals surface area contributed by atoms with Gasteiger partial charge in [-0.1, -0.05) is 17.7 Å². The first kappa shape index (κ1) is 19.9. The number of pyridine rings is 1. The van der Waals surface area contributed by atoms with Gasteiger partial charge in [-0.25, -0.2) is 8.42 Å². The standard InChI is InChI=1S/C20H18ClN3O3S/c1-13-3-8-18(23-20(25)15-5-4-14(2)22-12-15)11-19(13)28(26,27)24-17-9-6-16(21)7-10-17/h3-12,24H,1-2H3,(H,23,25). The van der Waals surface area contributed by atoms with Crippen molar-refractivity contribution in [3.05, 3.63) is 82.6 Å². The van der Waals surface area contributed by atoms with Gasteiger partial charge in [-0.2, -0.15) is 0 Å². The van der Waals surface area contributed by atoms with E-state index >= 15 is 0 Å². The van der Waals surface area contributed by atoms with Crippen LogP contribution in [0.1, 0.15) is 21.6 Å². The average Bonchev–Trinajstić information content (AvgIpc) is 2.65. The van der Waals surface area contributed by atoms with Crippen LogP contribution in [-0.4, -0.2) is 19.3 Å². The van der Waals surface area contributed by atoms with E-state index in [0.717, 1.165) is 5.69 Å². The molecule has 0 saturated carbocycles. The summed E-state index contributed by atoms with van der Waals surface area (Å²) in [7, 11) is -3.84. The summed E-state index contributed by atoms with van der Waals surface area (Å²) in [6.45, 7) is 3.51. The van der Waals surface area contributed by atoms with Gasteiger partial charge in [0.05, 0.1) is 10.5 Å². The molecule has 1 amide bonds. The molecule has 0 bridgehead atoms. The average molecular weight is 416 g/mol. The molecule has 3 aromatic rings. The summed E-state index contributed by atoms with van der Waals surface area (Å²) >= 11 is 5.83. The number of anilines is 2. The minimum atomic E-state index is -3.84. The van der Waals surface area contributed by atoms with E-state index in [2.05, 4.69) is 15.0 Å². The van der Waals surface area contributed by atoms with Crippen molar-refractivity contribution in [2.24, 2.45) is 0 Å². The predicted octanol–water partition coefficient (Wildman–Crippen LogP) is 4.40. The number of sulfonamides is 1. The molecular formula is C20H18ClN3O3S. The SMILES string of the molecule is Cc1ccc(C(=O)Nc2ccc(C)c(S(=O)(=O)Nc3ccc(Cl)cc3)c2)cn1. The highest BCUT2D eigenvalue weighted by Crippen LogP contribution is 2.24. The van der Waals surface area contributed by atoms with Crippen LogP contribution in [0.15, 0.2) is 65.7 Å². The molecule has 0 aliphatic carbocycles. The number of carbonyl (C=O) groups excluding carboxylic acids is 1. The molecule has 2 aromatic carbocycles. The van der Waals surface area contributed by atoms with Gasteiger partial charge in [0.1, 0.15) is 0 Å². The largest absolute Gasteiger partial charge is 0.322 e. The lowest BCUT2D eigenvalue weighted by Crippen LogP contribution is -2.16. The molecule has 0 atom stereocenters. The lowest BCUT2D eigenvalue weighted by Gasteiger charge is -2.13. The van der Waals surface area contributed by atoms with E-state index in [9.17, 15) is 13.2 Å². The molecule has 3 rings (SSSR count). The van der Waals surface area contributed by atoms with Crippen molar-refractivity contribution in [2.75, 3.05) is 10.0 Å². The van der Waals surface area contributed by atoms with Crippen LogP contribution in [0.3, 0.4) is 0 Å². The monoisotopic (exact) mass is 415 g/mol. The molecule has 1 heterocycles. The summed E-state index contributed by atoms with van der Waals surface area (Å²) in [5.41, 5.74) is 2.50. The van der Waals surface area contributed by atoms with Crippen LogP contribution in [0.2, 0.25) is 5.02 Å². The number of hydrogen-bond donors (Lipinski definition) is 2. The molecule has 6 nitrogen and oxygen atoms in total. The number of aromatic nitrogens is 1. The van der Waals surface area contributed by atoms with Gasteiger partial charge in [-0.15, -0.1) is 0 Å². The summed E-state index contributed by atoms with van der Waals surface area (Å²) in [4.78, 5) is 16.5. The second kappa shape index (κ2) is 8.00. The van der Waals surface area contributed by atoms with Crippen molar-refractivity contribution in [3.63, 3.8) is 0 Å². The summed E-state index contributed by atoms with van der Waals surface area (Å²) in [5, 5.41) is 3.21. The maximum absolute atomic E-state index is 12.8. The number of halogens is 1. The minimum absolute atomic E-state index is 0.0716. The van der Waals surface area contributed by atoms with E-state index in [-0.39, 0.29) is 10.8 Å². The van der Waals surface area contributed by atoms with E-state index in [1.54, 1.807) is 55.5 Å². The number of hydrogen-bond acceptors (Lipinski definition) is 4. The molecule has 0 spiro atoms. The quantitative estimate of drug-likeness (QED) is 0.646. The van der Waals surface area contributed by atoms with Crippen molar-refractivity contribution in [1.82, 2.24) is 4.98 Å². The van der Waals surface area contributed by atoms with Crippen LogP contribution in [0.4, 0.5) is 11.4 Å². The van der Waals surface area contributed by atoms with Crippen molar-refractivity contribution in [3.8, 4) is 0 Å². The predicted molar refractivity (Wildman–Crippen MR) is 110 cm³/mol. The Morgan fingerprint density at radius 2 is 1.64 bits per heavy atom. The Balaban J connectivity index is 1.85. The summed E-state index contributed by atoms with van der Waals surface area (Å²) in [5.74, 6) is -0.370. The number of benzene rings is 2. The van der Waals surface area contributed by atoms with Crippen LogP contribution >= 0.6 is 11.6 Å². The Morgan fingerprint density at radius 1 is 0.964 bits per heavy atom. The third-order valence-electron chi connectivity index (χ3n) is 4.01. The highest BCUT2D eigenvalue weighted by molar-refractivity contribution is 7.92. The van der Waals surface area contributed by atoms with Crippen molar-refractivity contribution in [2.45, 2.75) is 18.7 Å². The Labute approximate surface area is 168 Å². The molecule has 0 radical (unpaired) electrons. The fourth-order valence-corrected chi connectivity index (χ4v) is 3.96. The van der Waals surface area contributed by atoms with E-state index in [1.807, 2.05) is 6.92 Å². The molecule has 8 heteroatoms. The lowest BCUT2D eigenvalue weighted by molar-refractivity contribution is 0.102. The fraction of sp³-hybridized carbons (Fsp3) is 0.100. The number of aryl methyl sites for hydroxylation is 2. The van der Waals surface area contributed by atoms with Crippen LogP contribution in [0, 0.1) is 13.8 Å². The Morgan fingerprint density at radius 3 is 2.29 bits per heavy atom. The molecule has 1 aromatic heterocycles. The van der Waals surface area contributed by atoms with Gasteiger partial charge < -0.3 is 5.32 Å². The van der Waals surface area contributed by atoms with Crippen molar-refractivity contribution < 1.29 is 13.2 Å². The van der Waals surface area contributed by atoms with Gasteiger partial charge in [0.2, 0.25) is 0 Å². The minimum Gasteiger partial charge on any atom is -0.322 e. The third kappa shape index (κ3) is 4.68. The molecule has 0 aliphatic rings. The van der Waals surface area contributed by atoms with Gasteiger partial charge in [0, 0.05) is 28.3 Å². The maximum atomic E-state index is 12.8. The van der Waals surface area contributed by atoms with E-state index in [0.29, 0.717) is 27.5 Å². The van der Waals surface area contributed by atoms with E-state index in [4.69, 9.17) is 11.6 Å². The molecule has 2 N–H and O–H groups in total. The maximum Gasteiger partial charge on any atom is 0.262 e. The number of amides is 1. The Hall–Kier alpha value is -2.90. The first-order chi connectivity index (χ1) is 13.2. The molecule has 0 saturated heterocycles. The van der Waals surface area contributed by atoms with Crippen molar-refractivity contribution in [1.29, 1.82) is 0 Å². The third-order valence-corrected chi connectivity index (χ3v) is 5.78. The zero-order valence-corrected chi connectivity index (χ0v) is 16.8. The lowest BCUT2D eigenvalue weighted by atomic mass is 10.2. The summed E-state index contributed by atoms with van der Waals surface area (Å²) in [6, 6.07) is 14.4. The molecule has 28 heavy (non-hydrogen) atoms. The molecule has 0 fully saturated rings. The van der Waals surface area contributed by atoms with E-state index < -0.39 is 10.0 Å². The highest BCUT2D eigenvalue weighted by Gasteiger charge is 2.18.